The molecule has 0 saturated carbocycles. The van der Waals surface area contributed by atoms with E-state index in [1.165, 1.54) is 205 Å². The van der Waals surface area contributed by atoms with E-state index in [1.807, 2.05) is 0 Å². The number of carbonyl (C=O) groups excluding carboxylic acids is 2. The Kier molecular flexibility index (Phi) is 46.0. The van der Waals surface area contributed by atoms with Crippen LogP contribution in [0.15, 0.2) is 0 Å². The summed E-state index contributed by atoms with van der Waals surface area (Å²) in [7, 11) is 0. The normalized spacial score (nSPS) is 13.1. The minimum atomic E-state index is -0.779. The van der Waals surface area contributed by atoms with Crippen LogP contribution in [0.3, 0.4) is 0 Å². The molecule has 346 valence electrons. The first-order valence-corrected chi connectivity index (χ1v) is 26.3. The number of aliphatic hydroxyl groups is 2. The molecule has 6 nitrogen and oxygen atoms in total. The number of amides is 1. The Bertz CT molecular complexity index is 837. The van der Waals surface area contributed by atoms with Gasteiger partial charge in [0.15, 0.2) is 0 Å². The number of esters is 1. The smallest absolute Gasteiger partial charge is 0.306 e. The Morgan fingerprint density at radius 3 is 1.05 bits per heavy atom. The van der Waals surface area contributed by atoms with Gasteiger partial charge in [0.25, 0.3) is 0 Å². The van der Waals surface area contributed by atoms with Gasteiger partial charge in [-0.05, 0) is 25.7 Å². The minimum absolute atomic E-state index is 0.0877. The fourth-order valence-electron chi connectivity index (χ4n) is 8.43. The average Bonchev–Trinajstić information content (AvgIpc) is 3.22. The van der Waals surface area contributed by atoms with Gasteiger partial charge in [0, 0.05) is 6.42 Å². The molecule has 0 rings (SSSR count). The Morgan fingerprint density at radius 2 is 0.724 bits per heavy atom. The van der Waals surface area contributed by atoms with Crippen molar-refractivity contribution in [2.24, 2.45) is 0 Å². The summed E-state index contributed by atoms with van der Waals surface area (Å²) in [5, 5.41) is 23.8. The van der Waals surface area contributed by atoms with E-state index in [0.29, 0.717) is 19.3 Å². The second kappa shape index (κ2) is 46.9. The number of hydrogen-bond donors (Lipinski definition) is 3. The third kappa shape index (κ3) is 41.6. The SMILES string of the molecule is CCCCCCCCCCCCCCCCCC(O)C(CO)NC(=O)CC(CCCCCCCCCCCCCC)OC(=O)CCCCCCCCCCCCCC. The summed E-state index contributed by atoms with van der Waals surface area (Å²) < 4.78 is 5.93. The third-order valence-electron chi connectivity index (χ3n) is 12.4. The second-order valence-corrected chi connectivity index (χ2v) is 18.3. The van der Waals surface area contributed by atoms with E-state index in [9.17, 15) is 19.8 Å². The van der Waals surface area contributed by atoms with Gasteiger partial charge in [-0.15, -0.1) is 0 Å². The molecule has 58 heavy (non-hydrogen) atoms. The fourth-order valence-corrected chi connectivity index (χ4v) is 8.43. The zero-order valence-electron chi connectivity index (χ0n) is 39.5. The summed E-state index contributed by atoms with van der Waals surface area (Å²) in [6.07, 6.45) is 50.2. The molecule has 0 aromatic rings. The van der Waals surface area contributed by atoms with Crippen LogP contribution >= 0.6 is 0 Å². The van der Waals surface area contributed by atoms with Crippen molar-refractivity contribution in [2.45, 2.75) is 315 Å². The predicted octanol–water partition coefficient (Wildman–Crippen LogP) is 15.6. The number of nitrogens with one attached hydrogen (secondary N) is 1. The molecule has 3 unspecified atom stereocenters. The topological polar surface area (TPSA) is 95.9 Å². The maximum absolute atomic E-state index is 13.2. The summed E-state index contributed by atoms with van der Waals surface area (Å²) >= 11 is 0. The zero-order chi connectivity index (χ0) is 42.4. The van der Waals surface area contributed by atoms with Gasteiger partial charge in [-0.3, -0.25) is 9.59 Å². The van der Waals surface area contributed by atoms with Crippen LogP contribution in [0.2, 0.25) is 0 Å². The average molecular weight is 822 g/mol. The number of rotatable bonds is 48. The van der Waals surface area contributed by atoms with Crippen molar-refractivity contribution in [3.63, 3.8) is 0 Å². The Hall–Kier alpha value is -1.14. The molecule has 0 saturated heterocycles. The number of carbonyl (C=O) groups is 2. The lowest BCUT2D eigenvalue weighted by atomic mass is 10.0. The molecule has 0 heterocycles. The van der Waals surface area contributed by atoms with Gasteiger partial charge >= 0.3 is 5.97 Å². The highest BCUT2D eigenvalue weighted by Crippen LogP contribution is 2.19. The second-order valence-electron chi connectivity index (χ2n) is 18.3. The molecule has 3 atom stereocenters. The molecule has 0 aromatic carbocycles. The van der Waals surface area contributed by atoms with Gasteiger partial charge in [-0.1, -0.05) is 258 Å². The molecular weight excluding hydrogens is 719 g/mol. The summed E-state index contributed by atoms with van der Waals surface area (Å²) in [5.74, 6) is -0.451. The van der Waals surface area contributed by atoms with Crippen molar-refractivity contribution in [3.05, 3.63) is 0 Å². The van der Waals surface area contributed by atoms with Crippen LogP contribution in [0.5, 0.6) is 0 Å². The molecule has 0 bridgehead atoms. The molecule has 0 fully saturated rings. The van der Waals surface area contributed by atoms with Crippen molar-refractivity contribution in [1.82, 2.24) is 5.32 Å². The standard InChI is InChI=1S/C52H103NO5/c1-4-7-10-13-16-19-22-25-26-27-29-32-35-38-41-44-50(55)49(47-54)53-51(56)46-48(43-40-37-34-31-28-23-20-17-14-11-8-5-2)58-52(57)45-42-39-36-33-30-24-21-18-15-12-9-6-3/h48-50,54-55H,4-47H2,1-3H3,(H,53,56). The Balaban J connectivity index is 4.47. The highest BCUT2D eigenvalue weighted by Gasteiger charge is 2.24. The van der Waals surface area contributed by atoms with E-state index in [1.54, 1.807) is 0 Å². The molecule has 1 amide bonds. The van der Waals surface area contributed by atoms with E-state index in [0.717, 1.165) is 44.9 Å². The monoisotopic (exact) mass is 822 g/mol. The Labute approximate surface area is 362 Å². The molecule has 0 aliphatic rings. The van der Waals surface area contributed by atoms with E-state index >= 15 is 0 Å². The fraction of sp³-hybridized carbons (Fsp3) is 0.962. The third-order valence-corrected chi connectivity index (χ3v) is 12.4. The van der Waals surface area contributed by atoms with Gasteiger partial charge in [-0.25, -0.2) is 0 Å². The predicted molar refractivity (Wildman–Crippen MR) is 250 cm³/mol. The van der Waals surface area contributed by atoms with Gasteiger partial charge in [-0.2, -0.15) is 0 Å². The zero-order valence-corrected chi connectivity index (χ0v) is 39.5. The number of aliphatic hydroxyl groups excluding tert-OH is 2. The summed E-state index contributed by atoms with van der Waals surface area (Å²) in [4.78, 5) is 26.1. The number of hydrogen-bond acceptors (Lipinski definition) is 5. The maximum Gasteiger partial charge on any atom is 0.306 e. The van der Waals surface area contributed by atoms with Crippen LogP contribution in [0.25, 0.3) is 0 Å². The highest BCUT2D eigenvalue weighted by atomic mass is 16.5. The van der Waals surface area contributed by atoms with Gasteiger partial charge in [0.1, 0.15) is 6.10 Å². The summed E-state index contributed by atoms with van der Waals surface area (Å²) in [6.45, 7) is 6.51. The van der Waals surface area contributed by atoms with Crippen LogP contribution in [-0.2, 0) is 14.3 Å². The van der Waals surface area contributed by atoms with Gasteiger partial charge < -0.3 is 20.3 Å². The van der Waals surface area contributed by atoms with Crippen LogP contribution in [0.4, 0.5) is 0 Å². The van der Waals surface area contributed by atoms with Gasteiger partial charge in [0.2, 0.25) is 5.91 Å². The maximum atomic E-state index is 13.2. The van der Waals surface area contributed by atoms with Crippen LogP contribution in [-0.4, -0.2) is 46.9 Å². The molecule has 0 aromatic heterocycles. The van der Waals surface area contributed by atoms with E-state index in [2.05, 4.69) is 26.1 Å². The molecule has 6 heteroatoms. The number of unbranched alkanes of at least 4 members (excludes halogenated alkanes) is 36. The molecule has 0 aliphatic heterocycles. The van der Waals surface area contributed by atoms with Crippen molar-refractivity contribution in [3.8, 4) is 0 Å². The first-order chi connectivity index (χ1) is 28.5. The number of ether oxygens (including phenoxy) is 1. The first kappa shape index (κ1) is 56.9. The molecule has 3 N–H and O–H groups in total. The van der Waals surface area contributed by atoms with Crippen molar-refractivity contribution >= 4 is 11.9 Å². The van der Waals surface area contributed by atoms with Crippen LogP contribution < -0.4 is 5.32 Å². The van der Waals surface area contributed by atoms with E-state index in [4.69, 9.17) is 4.74 Å². The molecule has 0 aliphatic carbocycles. The lowest BCUT2D eigenvalue weighted by Gasteiger charge is -2.24. The lowest BCUT2D eigenvalue weighted by molar-refractivity contribution is -0.151. The molecule has 0 radical (unpaired) electrons. The largest absolute Gasteiger partial charge is 0.462 e. The Morgan fingerprint density at radius 1 is 0.431 bits per heavy atom. The summed E-state index contributed by atoms with van der Waals surface area (Å²) in [5.41, 5.74) is 0. The van der Waals surface area contributed by atoms with E-state index in [-0.39, 0.29) is 24.9 Å². The van der Waals surface area contributed by atoms with Crippen molar-refractivity contribution in [2.75, 3.05) is 6.61 Å². The summed E-state index contributed by atoms with van der Waals surface area (Å²) in [6, 6.07) is -0.691. The van der Waals surface area contributed by atoms with Crippen LogP contribution in [0, 0.1) is 0 Å². The van der Waals surface area contributed by atoms with Gasteiger partial charge in [0.05, 0.1) is 25.2 Å². The lowest BCUT2D eigenvalue weighted by Crippen LogP contribution is -2.46. The first-order valence-electron chi connectivity index (χ1n) is 26.3. The molecule has 0 spiro atoms. The quantitative estimate of drug-likeness (QED) is 0.0420. The van der Waals surface area contributed by atoms with E-state index < -0.39 is 18.2 Å². The highest BCUT2D eigenvalue weighted by molar-refractivity contribution is 5.77. The van der Waals surface area contributed by atoms with Crippen molar-refractivity contribution in [1.29, 1.82) is 0 Å². The van der Waals surface area contributed by atoms with Crippen LogP contribution in [0.1, 0.15) is 297 Å². The molecular formula is C52H103NO5. The van der Waals surface area contributed by atoms with Crippen molar-refractivity contribution < 1.29 is 24.5 Å². The minimum Gasteiger partial charge on any atom is -0.462 e.